The molecule has 1 fully saturated rings. The van der Waals surface area contributed by atoms with E-state index in [9.17, 15) is 26.4 Å². The number of ether oxygens (including phenoxy) is 2. The SMILES string of the molecule is CNS(=O)(=O)c1cccc(C(=O)OCC(=O)c2cccc(S(=O)(=O)N3CCOCC3)c2)c1. The summed E-state index contributed by atoms with van der Waals surface area (Å²) in [5.41, 5.74) is 0.0245. The lowest BCUT2D eigenvalue weighted by Crippen LogP contribution is -2.40. The number of Topliss-reactive ketones (excluding diaryl/α,β-unsaturated/α-hetero) is 1. The second-order valence-corrected chi connectivity index (χ2v) is 10.6. The fourth-order valence-corrected chi connectivity index (χ4v) is 5.20. The van der Waals surface area contributed by atoms with Crippen molar-refractivity contribution in [1.82, 2.24) is 9.03 Å². The van der Waals surface area contributed by atoms with Gasteiger partial charge in [0.15, 0.2) is 12.4 Å². The van der Waals surface area contributed by atoms with Gasteiger partial charge in [0, 0.05) is 18.7 Å². The molecule has 0 radical (unpaired) electrons. The lowest BCUT2D eigenvalue weighted by molar-refractivity contribution is 0.0474. The van der Waals surface area contributed by atoms with E-state index in [4.69, 9.17) is 9.47 Å². The quantitative estimate of drug-likeness (QED) is 0.428. The van der Waals surface area contributed by atoms with Crippen molar-refractivity contribution in [1.29, 1.82) is 0 Å². The minimum Gasteiger partial charge on any atom is -0.454 e. The summed E-state index contributed by atoms with van der Waals surface area (Å²) < 4.78 is 62.9. The van der Waals surface area contributed by atoms with Crippen LogP contribution in [0.25, 0.3) is 0 Å². The highest BCUT2D eigenvalue weighted by molar-refractivity contribution is 7.89. The average Bonchev–Trinajstić information content (AvgIpc) is 2.83. The van der Waals surface area contributed by atoms with Crippen molar-refractivity contribution in [3.8, 4) is 0 Å². The van der Waals surface area contributed by atoms with Gasteiger partial charge in [0.1, 0.15) is 0 Å². The number of esters is 1. The Morgan fingerprint density at radius 2 is 1.56 bits per heavy atom. The van der Waals surface area contributed by atoms with Gasteiger partial charge in [-0.1, -0.05) is 18.2 Å². The van der Waals surface area contributed by atoms with Crippen LogP contribution in [-0.2, 0) is 29.5 Å². The molecule has 1 heterocycles. The standard InChI is InChI=1S/C20H22N2O8S2/c1-21-31(25,26)17-6-3-5-16(13-17)20(24)30-14-19(23)15-4-2-7-18(12-15)32(27,28)22-8-10-29-11-9-22/h2-7,12-13,21H,8-11,14H2,1H3. The van der Waals surface area contributed by atoms with Gasteiger partial charge in [-0.25, -0.2) is 26.4 Å². The number of hydrogen-bond donors (Lipinski definition) is 1. The summed E-state index contributed by atoms with van der Waals surface area (Å²) in [6.07, 6.45) is 0. The first-order chi connectivity index (χ1) is 15.1. The lowest BCUT2D eigenvalue weighted by atomic mass is 10.1. The Kier molecular flexibility index (Phi) is 7.41. The van der Waals surface area contributed by atoms with Gasteiger partial charge in [-0.3, -0.25) is 4.79 Å². The highest BCUT2D eigenvalue weighted by atomic mass is 32.2. The maximum atomic E-state index is 12.8. The number of hydrogen-bond acceptors (Lipinski definition) is 8. The van der Waals surface area contributed by atoms with E-state index in [1.54, 1.807) is 0 Å². The van der Waals surface area contributed by atoms with E-state index in [-0.39, 0.29) is 34.0 Å². The van der Waals surface area contributed by atoms with Crippen molar-refractivity contribution >= 4 is 31.8 Å². The van der Waals surface area contributed by atoms with Crippen LogP contribution in [0, 0.1) is 0 Å². The van der Waals surface area contributed by atoms with Crippen LogP contribution in [0.1, 0.15) is 20.7 Å². The van der Waals surface area contributed by atoms with Gasteiger partial charge in [-0.05, 0) is 37.4 Å². The van der Waals surface area contributed by atoms with E-state index in [0.29, 0.717) is 13.2 Å². The molecule has 0 atom stereocenters. The minimum absolute atomic E-state index is 0.0402. The zero-order valence-electron chi connectivity index (χ0n) is 17.2. The number of ketones is 1. The maximum Gasteiger partial charge on any atom is 0.338 e. The molecule has 1 N–H and O–H groups in total. The van der Waals surface area contributed by atoms with E-state index in [1.165, 1.54) is 53.8 Å². The Morgan fingerprint density at radius 1 is 0.969 bits per heavy atom. The molecule has 0 amide bonds. The van der Waals surface area contributed by atoms with E-state index >= 15 is 0 Å². The zero-order chi connectivity index (χ0) is 23.4. The van der Waals surface area contributed by atoms with Crippen LogP contribution in [0.4, 0.5) is 0 Å². The molecule has 2 aromatic rings. The third-order valence-electron chi connectivity index (χ3n) is 4.75. The molecule has 1 saturated heterocycles. The highest BCUT2D eigenvalue weighted by Crippen LogP contribution is 2.19. The fourth-order valence-electron chi connectivity index (χ4n) is 2.97. The van der Waals surface area contributed by atoms with Crippen molar-refractivity contribution in [2.24, 2.45) is 0 Å². The van der Waals surface area contributed by atoms with Gasteiger partial charge in [0.05, 0.1) is 28.6 Å². The van der Waals surface area contributed by atoms with Gasteiger partial charge in [-0.15, -0.1) is 0 Å². The summed E-state index contributed by atoms with van der Waals surface area (Å²) >= 11 is 0. The van der Waals surface area contributed by atoms with Gasteiger partial charge in [0.2, 0.25) is 20.0 Å². The van der Waals surface area contributed by atoms with E-state index in [1.807, 2.05) is 0 Å². The van der Waals surface area contributed by atoms with Gasteiger partial charge in [-0.2, -0.15) is 4.31 Å². The number of rotatable bonds is 8. The molecule has 10 nitrogen and oxygen atoms in total. The van der Waals surface area contributed by atoms with Crippen molar-refractivity contribution in [2.75, 3.05) is 40.0 Å². The smallest absolute Gasteiger partial charge is 0.338 e. The van der Waals surface area contributed by atoms with Crippen molar-refractivity contribution in [2.45, 2.75) is 9.79 Å². The first-order valence-corrected chi connectivity index (χ1v) is 12.5. The molecule has 0 spiro atoms. The lowest BCUT2D eigenvalue weighted by Gasteiger charge is -2.26. The molecule has 1 aliphatic heterocycles. The van der Waals surface area contributed by atoms with Gasteiger partial charge < -0.3 is 9.47 Å². The monoisotopic (exact) mass is 482 g/mol. The molecule has 0 aromatic heterocycles. The second kappa shape index (κ2) is 9.88. The van der Waals surface area contributed by atoms with Gasteiger partial charge in [0.25, 0.3) is 0 Å². The molecular weight excluding hydrogens is 460 g/mol. The average molecular weight is 483 g/mol. The fraction of sp³-hybridized carbons (Fsp3) is 0.300. The first-order valence-electron chi connectivity index (χ1n) is 9.57. The molecule has 32 heavy (non-hydrogen) atoms. The van der Waals surface area contributed by atoms with Crippen LogP contribution >= 0.6 is 0 Å². The van der Waals surface area contributed by atoms with Gasteiger partial charge >= 0.3 is 5.97 Å². The van der Waals surface area contributed by atoms with Crippen molar-refractivity contribution < 1.29 is 35.9 Å². The summed E-state index contributed by atoms with van der Waals surface area (Å²) in [6, 6.07) is 10.7. The summed E-state index contributed by atoms with van der Waals surface area (Å²) in [6.45, 7) is 0.402. The Bertz CT molecular complexity index is 1220. The zero-order valence-corrected chi connectivity index (χ0v) is 18.8. The van der Waals surface area contributed by atoms with E-state index < -0.39 is 38.4 Å². The van der Waals surface area contributed by atoms with E-state index in [2.05, 4.69) is 4.72 Å². The predicted molar refractivity (Wildman–Crippen MR) is 113 cm³/mol. The Labute approximate surface area is 186 Å². The number of morpholine rings is 1. The van der Waals surface area contributed by atoms with Crippen LogP contribution in [0.2, 0.25) is 0 Å². The number of carbonyl (C=O) groups is 2. The molecule has 0 saturated carbocycles. The molecule has 0 aliphatic carbocycles. The molecule has 12 heteroatoms. The van der Waals surface area contributed by atoms with Crippen molar-refractivity contribution in [3.05, 3.63) is 59.7 Å². The van der Waals surface area contributed by atoms with Crippen LogP contribution < -0.4 is 4.72 Å². The van der Waals surface area contributed by atoms with Crippen LogP contribution in [0.3, 0.4) is 0 Å². The Hall–Kier alpha value is -2.64. The van der Waals surface area contributed by atoms with Crippen LogP contribution in [0.5, 0.6) is 0 Å². The first kappa shape index (κ1) is 24.0. The summed E-state index contributed by atoms with van der Waals surface area (Å²) in [5.74, 6) is -1.49. The predicted octanol–water partition coefficient (Wildman–Crippen LogP) is 0.655. The normalized spacial score (nSPS) is 15.3. The molecule has 172 valence electrons. The molecule has 0 unspecified atom stereocenters. The molecule has 3 rings (SSSR count). The van der Waals surface area contributed by atoms with E-state index in [0.717, 1.165) is 6.07 Å². The Balaban J connectivity index is 1.70. The third-order valence-corrected chi connectivity index (χ3v) is 8.05. The number of sulfonamides is 2. The summed E-state index contributed by atoms with van der Waals surface area (Å²) in [4.78, 5) is 24.6. The second-order valence-electron chi connectivity index (χ2n) is 6.78. The number of nitrogens with zero attached hydrogens (tertiary/aromatic N) is 1. The molecular formula is C20H22N2O8S2. The highest BCUT2D eigenvalue weighted by Gasteiger charge is 2.27. The molecule has 0 bridgehead atoms. The molecule has 1 aliphatic rings. The summed E-state index contributed by atoms with van der Waals surface area (Å²) in [7, 11) is -6.29. The summed E-state index contributed by atoms with van der Waals surface area (Å²) in [5, 5.41) is 0. The largest absolute Gasteiger partial charge is 0.454 e. The Morgan fingerprint density at radius 3 is 2.22 bits per heavy atom. The number of carbonyl (C=O) groups excluding carboxylic acids is 2. The maximum absolute atomic E-state index is 12.8. The van der Waals surface area contributed by atoms with Crippen LogP contribution in [0.15, 0.2) is 58.3 Å². The van der Waals surface area contributed by atoms with Crippen molar-refractivity contribution in [3.63, 3.8) is 0 Å². The number of nitrogens with one attached hydrogen (secondary N) is 1. The number of benzene rings is 2. The topological polar surface area (TPSA) is 136 Å². The van der Waals surface area contributed by atoms with Crippen LogP contribution in [-0.4, -0.2) is 72.9 Å². The third kappa shape index (κ3) is 5.40. The minimum atomic E-state index is -3.78. The molecule has 2 aromatic carbocycles.